The zero-order valence-electron chi connectivity index (χ0n) is 8.55. The van der Waals surface area contributed by atoms with E-state index in [0.717, 1.165) is 5.56 Å². The van der Waals surface area contributed by atoms with E-state index in [1.807, 2.05) is 0 Å². The molecular weight excluding hydrogens is 293 g/mol. The van der Waals surface area contributed by atoms with E-state index < -0.39 is 23.4 Å². The van der Waals surface area contributed by atoms with E-state index in [1.165, 1.54) is 6.07 Å². The first kappa shape index (κ1) is 10.7. The van der Waals surface area contributed by atoms with Gasteiger partial charge < -0.3 is 4.74 Å². The summed E-state index contributed by atoms with van der Waals surface area (Å²) in [4.78, 5) is 22.9. The fourth-order valence-electron chi connectivity index (χ4n) is 2.38. The Hall–Kier alpha value is -1.43. The van der Waals surface area contributed by atoms with E-state index in [9.17, 15) is 14.0 Å². The highest BCUT2D eigenvalue weighted by atomic mass is 79.9. The number of hydrogen-bond acceptors (Lipinski definition) is 3. The van der Waals surface area contributed by atoms with Crippen molar-refractivity contribution < 1.29 is 18.7 Å². The number of rotatable bonds is 0. The summed E-state index contributed by atoms with van der Waals surface area (Å²) in [6, 6.07) is 2.88. The molecule has 1 heterocycles. The second kappa shape index (κ2) is 3.29. The summed E-state index contributed by atoms with van der Waals surface area (Å²) in [5.41, 5.74) is -0.0572. The van der Waals surface area contributed by atoms with Crippen LogP contribution in [0.3, 0.4) is 0 Å². The number of fused-ring (bicyclic) bond motifs is 2. The molecule has 2 aliphatic rings. The van der Waals surface area contributed by atoms with Crippen LogP contribution in [0.5, 0.6) is 0 Å². The van der Waals surface area contributed by atoms with E-state index in [1.54, 1.807) is 6.07 Å². The van der Waals surface area contributed by atoms with Crippen LogP contribution in [0.2, 0.25) is 0 Å². The van der Waals surface area contributed by atoms with Gasteiger partial charge in [-0.3, -0.25) is 10.1 Å². The Morgan fingerprint density at radius 2 is 2.18 bits per heavy atom. The molecule has 88 valence electrons. The molecule has 1 saturated heterocycles. The van der Waals surface area contributed by atoms with Gasteiger partial charge in [0.2, 0.25) is 5.60 Å². The first-order valence-corrected chi connectivity index (χ1v) is 5.85. The van der Waals surface area contributed by atoms with Crippen LogP contribution in [0.1, 0.15) is 17.5 Å². The van der Waals surface area contributed by atoms with Crippen LogP contribution in [-0.4, -0.2) is 12.0 Å². The molecule has 1 aliphatic carbocycles. The average Bonchev–Trinajstić information content (AvgIpc) is 2.73. The number of carbonyl (C=O) groups excluding carboxylic acids is 2. The molecule has 0 unspecified atom stereocenters. The van der Waals surface area contributed by atoms with Crippen molar-refractivity contribution in [3.8, 4) is 0 Å². The Morgan fingerprint density at radius 3 is 2.82 bits per heavy atom. The maximum atomic E-state index is 13.5. The van der Waals surface area contributed by atoms with Crippen LogP contribution < -0.4 is 5.32 Å². The summed E-state index contributed by atoms with van der Waals surface area (Å²) >= 11 is 3.09. The van der Waals surface area contributed by atoms with Gasteiger partial charge >= 0.3 is 6.09 Å². The predicted molar refractivity (Wildman–Crippen MR) is 58.7 cm³/mol. The van der Waals surface area contributed by atoms with Crippen LogP contribution in [-0.2, 0) is 21.6 Å². The molecule has 2 amide bonds. The van der Waals surface area contributed by atoms with Gasteiger partial charge in [0.05, 0.1) is 4.47 Å². The Morgan fingerprint density at radius 1 is 1.41 bits per heavy atom. The zero-order chi connectivity index (χ0) is 12.2. The van der Waals surface area contributed by atoms with E-state index in [0.29, 0.717) is 22.9 Å². The van der Waals surface area contributed by atoms with Crippen molar-refractivity contribution in [2.75, 3.05) is 0 Å². The number of alkyl carbamates (subject to hydrolysis) is 1. The molecule has 6 heteroatoms. The molecule has 1 aromatic rings. The highest BCUT2D eigenvalue weighted by Crippen LogP contribution is 2.44. The molecule has 1 aromatic carbocycles. The third-order valence-corrected chi connectivity index (χ3v) is 3.78. The van der Waals surface area contributed by atoms with Crippen LogP contribution in [0.25, 0.3) is 0 Å². The number of imide groups is 1. The molecule has 4 nitrogen and oxygen atoms in total. The number of carbonyl (C=O) groups is 2. The number of halogens is 2. The molecule has 0 aromatic heterocycles. The number of ether oxygens (including phenoxy) is 1. The number of benzene rings is 1. The van der Waals surface area contributed by atoms with Gasteiger partial charge in [-0.1, -0.05) is 0 Å². The molecule has 3 rings (SSSR count). The number of hydrogen-bond donors (Lipinski definition) is 1. The lowest BCUT2D eigenvalue weighted by molar-refractivity contribution is -0.131. The van der Waals surface area contributed by atoms with Crippen molar-refractivity contribution in [3.63, 3.8) is 0 Å². The first-order chi connectivity index (χ1) is 8.03. The smallest absolute Gasteiger partial charge is 0.415 e. The van der Waals surface area contributed by atoms with Gasteiger partial charge in [-0.05, 0) is 40.0 Å². The molecule has 1 atom stereocenters. The second-order valence-electron chi connectivity index (χ2n) is 4.09. The lowest BCUT2D eigenvalue weighted by Gasteiger charge is -2.19. The van der Waals surface area contributed by atoms with Crippen LogP contribution in [0.15, 0.2) is 16.6 Å². The minimum Gasteiger partial charge on any atom is -0.427 e. The largest absolute Gasteiger partial charge is 0.427 e. The van der Waals surface area contributed by atoms with Gasteiger partial charge in [0.15, 0.2) is 0 Å². The Kier molecular flexibility index (Phi) is 2.07. The highest BCUT2D eigenvalue weighted by Gasteiger charge is 2.54. The minimum absolute atomic E-state index is 0.345. The lowest BCUT2D eigenvalue weighted by Crippen LogP contribution is -2.34. The summed E-state index contributed by atoms with van der Waals surface area (Å²) in [6.45, 7) is 0. The lowest BCUT2D eigenvalue weighted by atomic mass is 9.95. The highest BCUT2D eigenvalue weighted by molar-refractivity contribution is 9.10. The predicted octanol–water partition coefficient (Wildman–Crippen LogP) is 2.00. The van der Waals surface area contributed by atoms with Crippen molar-refractivity contribution >= 4 is 27.9 Å². The number of amides is 2. The molecule has 0 radical (unpaired) electrons. The molecule has 0 bridgehead atoms. The van der Waals surface area contributed by atoms with Crippen molar-refractivity contribution in [2.45, 2.75) is 18.4 Å². The minimum atomic E-state index is -1.33. The van der Waals surface area contributed by atoms with Crippen LogP contribution >= 0.6 is 15.9 Å². The van der Waals surface area contributed by atoms with Crippen molar-refractivity contribution in [1.29, 1.82) is 0 Å². The number of aryl methyl sites for hydroxylation is 1. The summed E-state index contributed by atoms with van der Waals surface area (Å²) in [7, 11) is 0. The van der Waals surface area contributed by atoms with Gasteiger partial charge in [0, 0.05) is 12.0 Å². The first-order valence-electron chi connectivity index (χ1n) is 5.06. The summed E-state index contributed by atoms with van der Waals surface area (Å²) in [5, 5.41) is 2.09. The standard InChI is InChI=1S/C11H7BrFNO3/c12-7-3-5-1-2-11(6(5)4-8(7)13)9(15)14-10(16)17-11/h3-4H,1-2H2,(H,14,15,16)/t11-/m1/s1. The van der Waals surface area contributed by atoms with Crippen LogP contribution in [0.4, 0.5) is 9.18 Å². The Balaban J connectivity index is 2.19. The normalized spacial score (nSPS) is 26.0. The fraction of sp³-hybridized carbons (Fsp3) is 0.273. The zero-order valence-corrected chi connectivity index (χ0v) is 10.1. The third-order valence-electron chi connectivity index (χ3n) is 3.18. The summed E-state index contributed by atoms with van der Waals surface area (Å²) < 4.78 is 18.9. The van der Waals surface area contributed by atoms with Gasteiger partial charge in [0.1, 0.15) is 5.82 Å². The molecule has 1 N–H and O–H groups in total. The van der Waals surface area contributed by atoms with E-state index in [4.69, 9.17) is 4.74 Å². The summed E-state index contributed by atoms with van der Waals surface area (Å²) in [5.74, 6) is -0.983. The van der Waals surface area contributed by atoms with Crippen molar-refractivity contribution in [2.24, 2.45) is 0 Å². The molecular formula is C11H7BrFNO3. The van der Waals surface area contributed by atoms with Crippen molar-refractivity contribution in [1.82, 2.24) is 5.32 Å². The van der Waals surface area contributed by atoms with E-state index in [2.05, 4.69) is 21.2 Å². The van der Waals surface area contributed by atoms with Crippen molar-refractivity contribution in [3.05, 3.63) is 33.5 Å². The van der Waals surface area contributed by atoms with Crippen LogP contribution in [0, 0.1) is 5.82 Å². The topological polar surface area (TPSA) is 55.4 Å². The fourth-order valence-corrected chi connectivity index (χ4v) is 2.77. The maximum absolute atomic E-state index is 13.5. The molecule has 1 fully saturated rings. The third kappa shape index (κ3) is 1.33. The summed E-state index contributed by atoms with van der Waals surface area (Å²) in [6.07, 6.45) is 0.163. The van der Waals surface area contributed by atoms with Gasteiger partial charge in [-0.15, -0.1) is 0 Å². The number of nitrogens with one attached hydrogen (secondary N) is 1. The molecule has 1 aliphatic heterocycles. The molecule has 17 heavy (non-hydrogen) atoms. The molecule has 1 spiro atoms. The Labute approximate surface area is 104 Å². The van der Waals surface area contributed by atoms with Gasteiger partial charge in [-0.25, -0.2) is 9.18 Å². The maximum Gasteiger partial charge on any atom is 0.415 e. The monoisotopic (exact) mass is 299 g/mol. The average molecular weight is 300 g/mol. The molecule has 0 saturated carbocycles. The quantitative estimate of drug-likeness (QED) is 0.797. The SMILES string of the molecule is O=C1NC(=O)[C@]2(CCc3cc(Br)c(F)cc32)O1. The Bertz CT molecular complexity index is 560. The van der Waals surface area contributed by atoms with E-state index in [-0.39, 0.29) is 0 Å². The van der Waals surface area contributed by atoms with Gasteiger partial charge in [0.25, 0.3) is 5.91 Å². The van der Waals surface area contributed by atoms with E-state index >= 15 is 0 Å². The van der Waals surface area contributed by atoms with Gasteiger partial charge in [-0.2, -0.15) is 0 Å². The second-order valence-corrected chi connectivity index (χ2v) is 4.95.